The second-order valence-electron chi connectivity index (χ2n) is 5.70. The molecular weight excluding hydrogens is 346 g/mol. The van der Waals surface area contributed by atoms with Crippen molar-refractivity contribution >= 4 is 33.2 Å². The molecule has 0 spiro atoms. The number of aldehydes is 1. The van der Waals surface area contributed by atoms with E-state index in [-0.39, 0.29) is 0 Å². The molecule has 4 rings (SSSR count). The van der Waals surface area contributed by atoms with E-state index in [1.54, 1.807) is 4.68 Å². The Hall–Kier alpha value is -2.02. The van der Waals surface area contributed by atoms with Crippen molar-refractivity contribution in [3.05, 3.63) is 28.3 Å². The van der Waals surface area contributed by atoms with E-state index in [4.69, 9.17) is 0 Å². The van der Waals surface area contributed by atoms with Crippen molar-refractivity contribution in [1.29, 1.82) is 0 Å². The molecule has 6 nitrogen and oxygen atoms in total. The number of carbonyl (C=O) groups is 1. The molecule has 3 aromatic heterocycles. The number of aromatic nitrogens is 5. The molecule has 0 aromatic carbocycles. The molecule has 1 aliphatic rings. The van der Waals surface area contributed by atoms with E-state index in [1.807, 2.05) is 26.4 Å². The van der Waals surface area contributed by atoms with Gasteiger partial charge in [-0.15, -0.1) is 0 Å². The van der Waals surface area contributed by atoms with E-state index >= 15 is 0 Å². The van der Waals surface area contributed by atoms with Crippen LogP contribution in [0.5, 0.6) is 0 Å². The van der Waals surface area contributed by atoms with E-state index in [9.17, 15) is 4.79 Å². The lowest BCUT2D eigenvalue weighted by Crippen LogP contribution is -2.01. The monoisotopic (exact) mass is 359 g/mol. The van der Waals surface area contributed by atoms with Crippen molar-refractivity contribution < 1.29 is 4.79 Å². The average molecular weight is 360 g/mol. The zero-order valence-corrected chi connectivity index (χ0v) is 13.8. The maximum Gasteiger partial charge on any atom is 0.181 e. The summed E-state index contributed by atoms with van der Waals surface area (Å²) >= 11 is 3.55. The predicted molar refractivity (Wildman–Crippen MR) is 85.8 cm³/mol. The van der Waals surface area contributed by atoms with Crippen LogP contribution < -0.4 is 0 Å². The van der Waals surface area contributed by atoms with Crippen LogP contribution in [-0.4, -0.2) is 30.6 Å². The van der Waals surface area contributed by atoms with Gasteiger partial charge >= 0.3 is 0 Å². The first-order chi connectivity index (χ1) is 10.6. The third-order valence-electron chi connectivity index (χ3n) is 4.05. The first kappa shape index (κ1) is 13.6. The quantitative estimate of drug-likeness (QED) is 0.674. The topological polar surface area (TPSA) is 65.6 Å². The van der Waals surface area contributed by atoms with Gasteiger partial charge in [-0.2, -0.15) is 5.10 Å². The van der Waals surface area contributed by atoms with Gasteiger partial charge in [-0.05, 0) is 34.8 Å². The molecule has 3 aromatic rings. The maximum atomic E-state index is 11.5. The number of carbonyl (C=O) groups excluding carboxylic acids is 1. The molecule has 1 fully saturated rings. The van der Waals surface area contributed by atoms with Gasteiger partial charge in [0.05, 0.1) is 5.69 Å². The minimum absolute atomic E-state index is 0.370. The van der Waals surface area contributed by atoms with Crippen LogP contribution in [0.3, 0.4) is 0 Å². The van der Waals surface area contributed by atoms with Gasteiger partial charge < -0.3 is 4.57 Å². The van der Waals surface area contributed by atoms with Gasteiger partial charge in [-0.25, -0.2) is 9.97 Å². The number of fused-ring (bicyclic) bond motifs is 1. The number of hydrogen-bond acceptors (Lipinski definition) is 4. The molecule has 0 saturated heterocycles. The van der Waals surface area contributed by atoms with E-state index in [1.165, 1.54) is 18.5 Å². The molecule has 22 heavy (non-hydrogen) atoms. The summed E-state index contributed by atoms with van der Waals surface area (Å²) in [6.45, 7) is 0. The highest BCUT2D eigenvalue weighted by Gasteiger charge is 2.31. The molecular formula is C15H14BrN5O. The molecule has 0 unspecified atom stereocenters. The average Bonchev–Trinajstić information content (AvgIpc) is 3.17. The van der Waals surface area contributed by atoms with E-state index in [0.29, 0.717) is 17.3 Å². The van der Waals surface area contributed by atoms with Gasteiger partial charge in [0.2, 0.25) is 0 Å². The van der Waals surface area contributed by atoms with Crippen molar-refractivity contribution in [3.63, 3.8) is 0 Å². The number of halogens is 1. The summed E-state index contributed by atoms with van der Waals surface area (Å²) in [6.07, 6.45) is 5.04. The van der Waals surface area contributed by atoms with Crippen LogP contribution in [0.15, 0.2) is 16.9 Å². The van der Waals surface area contributed by atoms with Crippen LogP contribution in [0.1, 0.15) is 34.9 Å². The lowest BCUT2D eigenvalue weighted by Gasteiger charge is -2.07. The Bertz CT molecular complexity index is 906. The molecule has 7 heteroatoms. The van der Waals surface area contributed by atoms with Gasteiger partial charge in [-0.1, -0.05) is 0 Å². The molecule has 1 saturated carbocycles. The normalized spacial score (nSPS) is 14.7. The van der Waals surface area contributed by atoms with E-state index < -0.39 is 0 Å². The predicted octanol–water partition coefficient (Wildman–Crippen LogP) is 2.82. The van der Waals surface area contributed by atoms with Crippen LogP contribution in [0.25, 0.3) is 22.4 Å². The summed E-state index contributed by atoms with van der Waals surface area (Å²) in [5, 5.41) is 5.15. The highest BCUT2D eigenvalue weighted by molar-refractivity contribution is 9.10. The van der Waals surface area contributed by atoms with Crippen LogP contribution in [0, 0.1) is 0 Å². The zero-order valence-electron chi connectivity index (χ0n) is 12.2. The Balaban J connectivity index is 1.96. The second-order valence-corrected chi connectivity index (χ2v) is 6.45. The van der Waals surface area contributed by atoms with Crippen molar-refractivity contribution in [1.82, 2.24) is 24.3 Å². The van der Waals surface area contributed by atoms with Crippen LogP contribution >= 0.6 is 15.9 Å². The Kier molecular flexibility index (Phi) is 2.94. The smallest absolute Gasteiger partial charge is 0.181 e. The SMILES string of the molecule is Cn1cc2cc(-c3nc(Br)c(C4CC4)n3C)c(C=O)nc2n1. The summed E-state index contributed by atoms with van der Waals surface area (Å²) in [4.78, 5) is 20.4. The van der Waals surface area contributed by atoms with Gasteiger partial charge in [-0.3, -0.25) is 9.48 Å². The van der Waals surface area contributed by atoms with Crippen molar-refractivity contribution in [2.75, 3.05) is 0 Å². The largest absolute Gasteiger partial charge is 0.330 e. The third-order valence-corrected chi connectivity index (χ3v) is 4.63. The van der Waals surface area contributed by atoms with Crippen LogP contribution in [0.4, 0.5) is 0 Å². The lowest BCUT2D eigenvalue weighted by atomic mass is 10.1. The number of imidazole rings is 1. The third kappa shape index (κ3) is 1.99. The molecule has 0 amide bonds. The van der Waals surface area contributed by atoms with E-state index in [0.717, 1.165) is 27.7 Å². The summed E-state index contributed by atoms with van der Waals surface area (Å²) in [7, 11) is 3.83. The fraction of sp³-hybridized carbons (Fsp3) is 0.333. The zero-order chi connectivity index (χ0) is 15.4. The highest BCUT2D eigenvalue weighted by Crippen LogP contribution is 2.44. The Morgan fingerprint density at radius 3 is 2.77 bits per heavy atom. The van der Waals surface area contributed by atoms with Crippen LogP contribution in [-0.2, 0) is 14.1 Å². The Morgan fingerprint density at radius 2 is 2.09 bits per heavy atom. The Labute approximate surface area is 135 Å². The number of rotatable bonds is 3. The number of hydrogen-bond donors (Lipinski definition) is 0. The highest BCUT2D eigenvalue weighted by atomic mass is 79.9. The molecule has 0 aliphatic heterocycles. The summed E-state index contributed by atoms with van der Waals surface area (Å²) in [5.41, 5.74) is 2.88. The fourth-order valence-electron chi connectivity index (χ4n) is 2.87. The summed E-state index contributed by atoms with van der Waals surface area (Å²) in [6, 6.07) is 1.94. The van der Waals surface area contributed by atoms with Gasteiger partial charge in [0.1, 0.15) is 16.1 Å². The fourth-order valence-corrected chi connectivity index (χ4v) is 3.63. The molecule has 0 atom stereocenters. The number of pyridine rings is 1. The van der Waals surface area contributed by atoms with Crippen molar-refractivity contribution in [3.8, 4) is 11.4 Å². The second kappa shape index (κ2) is 4.74. The molecule has 0 radical (unpaired) electrons. The Morgan fingerprint density at radius 1 is 1.32 bits per heavy atom. The van der Waals surface area contributed by atoms with Crippen LogP contribution in [0.2, 0.25) is 0 Å². The molecule has 0 bridgehead atoms. The first-order valence-electron chi connectivity index (χ1n) is 7.10. The lowest BCUT2D eigenvalue weighted by molar-refractivity contribution is 0.112. The minimum atomic E-state index is 0.370. The van der Waals surface area contributed by atoms with Gasteiger partial charge in [0, 0.05) is 37.2 Å². The molecule has 1 aliphatic carbocycles. The van der Waals surface area contributed by atoms with Crippen molar-refractivity contribution in [2.24, 2.45) is 14.1 Å². The minimum Gasteiger partial charge on any atom is -0.330 e. The standard InChI is InChI=1S/C15H14BrN5O/c1-20-6-9-5-10(11(7-22)17-14(9)19-20)15-18-13(16)12(21(15)2)8-3-4-8/h5-8H,3-4H2,1-2H3. The molecule has 0 N–H and O–H groups in total. The van der Waals surface area contributed by atoms with Gasteiger partial charge in [0.25, 0.3) is 0 Å². The number of aryl methyl sites for hydroxylation is 1. The molecule has 3 heterocycles. The van der Waals surface area contributed by atoms with Crippen molar-refractivity contribution in [2.45, 2.75) is 18.8 Å². The van der Waals surface area contributed by atoms with Gasteiger partial charge in [0.15, 0.2) is 11.9 Å². The summed E-state index contributed by atoms with van der Waals surface area (Å²) in [5.74, 6) is 1.32. The number of nitrogens with zero attached hydrogens (tertiary/aromatic N) is 5. The van der Waals surface area contributed by atoms with E-state index in [2.05, 4.69) is 35.6 Å². The molecule has 112 valence electrons. The maximum absolute atomic E-state index is 11.5. The summed E-state index contributed by atoms with van der Waals surface area (Å²) < 4.78 is 4.61. The first-order valence-corrected chi connectivity index (χ1v) is 7.90.